The van der Waals surface area contributed by atoms with Gasteiger partial charge >= 0.3 is 11.9 Å². The fraction of sp³-hybridized carbons (Fsp3) is 0.457. The van der Waals surface area contributed by atoms with Crippen molar-refractivity contribution in [2.24, 2.45) is 11.3 Å². The summed E-state index contributed by atoms with van der Waals surface area (Å²) in [5.74, 6) is -4.37. The van der Waals surface area contributed by atoms with Gasteiger partial charge in [0.05, 0.1) is 16.3 Å². The summed E-state index contributed by atoms with van der Waals surface area (Å²) in [4.78, 5) is 82.9. The van der Waals surface area contributed by atoms with Crippen molar-refractivity contribution >= 4 is 46.7 Å². The number of aliphatic carboxylic acids is 2. The van der Waals surface area contributed by atoms with E-state index < -0.39 is 57.6 Å². The van der Waals surface area contributed by atoms with Crippen LogP contribution in [0.4, 0.5) is 17.1 Å². The summed E-state index contributed by atoms with van der Waals surface area (Å²) in [6, 6.07) is 7.90. The van der Waals surface area contributed by atoms with E-state index >= 15 is 0 Å². The Morgan fingerprint density at radius 2 is 1.31 bits per heavy atom. The van der Waals surface area contributed by atoms with Crippen molar-refractivity contribution in [3.63, 3.8) is 0 Å². The van der Waals surface area contributed by atoms with Crippen LogP contribution in [0, 0.1) is 31.6 Å². The number of amides is 3. The van der Waals surface area contributed by atoms with E-state index in [0.29, 0.717) is 23.1 Å². The maximum atomic E-state index is 13.2. The zero-order valence-corrected chi connectivity index (χ0v) is 30.7. The van der Waals surface area contributed by atoms with E-state index in [1.54, 1.807) is 24.3 Å². The number of carbonyl (C=O) groups excluding carboxylic acids is 3. The van der Waals surface area contributed by atoms with Gasteiger partial charge in [0.1, 0.15) is 18.1 Å². The van der Waals surface area contributed by atoms with Gasteiger partial charge in [-0.1, -0.05) is 46.8 Å². The number of hydrogen-bond donors (Lipinski definition) is 8. The molecule has 2 aromatic rings. The number of nitrogens with one attached hydrogen (secondary N) is 6. The molecule has 3 atom stereocenters. The molecule has 0 bridgehead atoms. The number of nitrogens with zero attached hydrogens (tertiary/aromatic N) is 2. The van der Waals surface area contributed by atoms with Crippen LogP contribution in [0.5, 0.6) is 0 Å². The van der Waals surface area contributed by atoms with E-state index in [1.807, 2.05) is 34.6 Å². The molecule has 2 rings (SSSR count). The SMILES string of the molecule is CC(C)CC(NC(=O)Cc1ccc(NC(=C[N+](=O)[O-])Nc2ccc([N+](=O)[O-])cc2)cc1)C(=O)NC(CCNCC(NC(=O)CC(C)(C)C)C(=O)O)C(=O)O. The van der Waals surface area contributed by atoms with Gasteiger partial charge in [-0.2, -0.15) is 0 Å². The van der Waals surface area contributed by atoms with Crippen molar-refractivity contribution in [3.8, 4) is 0 Å². The molecular formula is C35H48N8O11. The first-order valence-corrected chi connectivity index (χ1v) is 17.0. The van der Waals surface area contributed by atoms with Gasteiger partial charge in [-0.15, -0.1) is 0 Å². The predicted molar refractivity (Wildman–Crippen MR) is 198 cm³/mol. The highest BCUT2D eigenvalue weighted by Crippen LogP contribution is 2.20. The van der Waals surface area contributed by atoms with E-state index in [2.05, 4.69) is 31.9 Å². The molecule has 0 saturated carbocycles. The van der Waals surface area contributed by atoms with Gasteiger partial charge in [-0.25, -0.2) is 9.59 Å². The van der Waals surface area contributed by atoms with Crippen LogP contribution in [0.1, 0.15) is 59.4 Å². The van der Waals surface area contributed by atoms with Crippen LogP contribution in [0.2, 0.25) is 0 Å². The molecule has 8 N–H and O–H groups in total. The van der Waals surface area contributed by atoms with Crippen molar-refractivity contribution in [2.75, 3.05) is 23.7 Å². The third kappa shape index (κ3) is 16.9. The largest absolute Gasteiger partial charge is 0.480 e. The fourth-order valence-corrected chi connectivity index (χ4v) is 4.97. The molecule has 0 aliphatic rings. The number of rotatable bonds is 22. The number of carboxylic acids is 2. The topological polar surface area (TPSA) is 284 Å². The van der Waals surface area contributed by atoms with Crippen molar-refractivity contribution in [3.05, 3.63) is 86.3 Å². The molecular weight excluding hydrogens is 708 g/mol. The Kier molecular flexibility index (Phi) is 17.0. The van der Waals surface area contributed by atoms with Crippen LogP contribution >= 0.6 is 0 Å². The second-order valence-electron chi connectivity index (χ2n) is 14.1. The van der Waals surface area contributed by atoms with Crippen LogP contribution in [0.15, 0.2) is 60.6 Å². The Morgan fingerprint density at radius 3 is 1.80 bits per heavy atom. The van der Waals surface area contributed by atoms with Crippen molar-refractivity contribution in [1.82, 2.24) is 21.3 Å². The van der Waals surface area contributed by atoms with Gasteiger partial charge in [0.25, 0.3) is 11.9 Å². The Hall–Kier alpha value is -6.11. The van der Waals surface area contributed by atoms with Crippen LogP contribution in [-0.2, 0) is 30.4 Å². The molecule has 19 heteroatoms. The Labute approximate surface area is 311 Å². The first-order valence-electron chi connectivity index (χ1n) is 17.0. The number of benzene rings is 2. The second-order valence-corrected chi connectivity index (χ2v) is 14.1. The molecule has 0 aliphatic heterocycles. The zero-order chi connectivity index (χ0) is 40.6. The highest BCUT2D eigenvalue weighted by molar-refractivity contribution is 5.91. The van der Waals surface area contributed by atoms with Crippen LogP contribution in [0.25, 0.3) is 0 Å². The summed E-state index contributed by atoms with van der Waals surface area (Å²) < 4.78 is 0. The molecule has 2 aromatic carbocycles. The maximum absolute atomic E-state index is 13.2. The monoisotopic (exact) mass is 756 g/mol. The summed E-state index contributed by atoms with van der Waals surface area (Å²) in [7, 11) is 0. The fourth-order valence-electron chi connectivity index (χ4n) is 4.97. The molecule has 19 nitrogen and oxygen atoms in total. The van der Waals surface area contributed by atoms with Crippen molar-refractivity contribution < 1.29 is 44.0 Å². The number of non-ortho nitro benzene ring substituents is 1. The van der Waals surface area contributed by atoms with Crippen LogP contribution in [0.3, 0.4) is 0 Å². The Bertz CT molecular complexity index is 1670. The van der Waals surface area contributed by atoms with Crippen molar-refractivity contribution in [1.29, 1.82) is 0 Å². The molecule has 0 spiro atoms. The van der Waals surface area contributed by atoms with E-state index in [1.165, 1.54) is 24.3 Å². The van der Waals surface area contributed by atoms with E-state index in [4.69, 9.17) is 0 Å². The third-order valence-electron chi connectivity index (χ3n) is 7.45. The van der Waals surface area contributed by atoms with Gasteiger partial charge in [-0.3, -0.25) is 34.6 Å². The Balaban J connectivity index is 1.99. The molecule has 294 valence electrons. The molecule has 0 radical (unpaired) electrons. The minimum atomic E-state index is -1.36. The average Bonchev–Trinajstić information content (AvgIpc) is 3.04. The normalized spacial score (nSPS) is 13.2. The molecule has 3 amide bonds. The molecule has 0 aromatic heterocycles. The lowest BCUT2D eigenvalue weighted by Gasteiger charge is -2.23. The number of carboxylic acid groups (broad SMARTS) is 2. The summed E-state index contributed by atoms with van der Waals surface area (Å²) in [6.07, 6.45) is 0.728. The minimum Gasteiger partial charge on any atom is -0.480 e. The lowest BCUT2D eigenvalue weighted by Crippen LogP contribution is -2.53. The molecule has 0 saturated heterocycles. The van der Waals surface area contributed by atoms with Gasteiger partial charge in [0.15, 0.2) is 5.82 Å². The Morgan fingerprint density at radius 1 is 0.778 bits per heavy atom. The number of nitro groups is 2. The molecule has 0 aliphatic carbocycles. The maximum Gasteiger partial charge on any atom is 0.327 e. The minimum absolute atomic E-state index is 0.00134. The zero-order valence-electron chi connectivity index (χ0n) is 30.7. The van der Waals surface area contributed by atoms with Gasteiger partial charge in [0.2, 0.25) is 17.7 Å². The highest BCUT2D eigenvalue weighted by Gasteiger charge is 2.28. The summed E-state index contributed by atoms with van der Waals surface area (Å²) in [5.41, 5.74) is 0.799. The smallest absolute Gasteiger partial charge is 0.327 e. The second kappa shape index (κ2) is 20.8. The number of anilines is 2. The quantitative estimate of drug-likeness (QED) is 0.0487. The molecule has 54 heavy (non-hydrogen) atoms. The summed E-state index contributed by atoms with van der Waals surface area (Å²) in [5, 5.41) is 57.3. The number of hydrogen-bond acceptors (Lipinski definition) is 12. The van der Waals surface area contributed by atoms with Crippen molar-refractivity contribution in [2.45, 2.75) is 78.4 Å². The van der Waals surface area contributed by atoms with Gasteiger partial charge in [-0.05, 0) is 60.5 Å². The first kappa shape index (κ1) is 44.1. The molecule has 3 unspecified atom stereocenters. The third-order valence-corrected chi connectivity index (χ3v) is 7.45. The van der Waals surface area contributed by atoms with E-state index in [0.717, 1.165) is 0 Å². The lowest BCUT2D eigenvalue weighted by molar-refractivity contribution is -0.403. The predicted octanol–water partition coefficient (Wildman–Crippen LogP) is 2.82. The molecule has 0 fully saturated rings. The number of carbonyl (C=O) groups is 5. The number of nitro benzene ring substituents is 1. The standard InChI is InChI=1S/C35H48N8O11/c1-21(2)16-27(32(46)41-26(33(47)48)14-15-36-19-28(34(49)50)40-31(45)18-35(3,4)5)39-30(44)17-22-6-8-23(9-7-22)37-29(20-42(51)52)38-24-10-12-25(13-11-24)43(53)54/h6-13,20-21,26-28,36-38H,14-19H2,1-5H3,(H,39,44)(H,40,45)(H,41,46)(H,47,48)(H,49,50). The summed E-state index contributed by atoms with van der Waals surface area (Å²) >= 11 is 0. The van der Waals surface area contributed by atoms with Gasteiger partial charge in [0, 0.05) is 36.5 Å². The highest BCUT2D eigenvalue weighted by atomic mass is 16.6. The van der Waals surface area contributed by atoms with Crippen LogP contribution < -0.4 is 31.9 Å². The summed E-state index contributed by atoms with van der Waals surface area (Å²) in [6.45, 7) is 8.99. The van der Waals surface area contributed by atoms with Gasteiger partial charge < -0.3 is 42.1 Å². The lowest BCUT2D eigenvalue weighted by atomic mass is 9.92. The van der Waals surface area contributed by atoms with E-state index in [-0.39, 0.29) is 61.6 Å². The van der Waals surface area contributed by atoms with E-state index in [9.17, 15) is 54.4 Å². The first-order chi connectivity index (χ1) is 25.2. The van der Waals surface area contributed by atoms with Crippen LogP contribution in [-0.4, -0.2) is 80.9 Å². The molecule has 0 heterocycles. The average molecular weight is 757 g/mol.